The SMILES string of the molecule is C/C(=N/NC(=O)C[C@H]1CCS(=O)(=O)C1)c1ccc2c(c1)OCCCO2. The number of hydrogen-bond acceptors (Lipinski definition) is 6. The van der Waals surface area contributed by atoms with Crippen molar-refractivity contribution in [3.05, 3.63) is 23.8 Å². The number of rotatable bonds is 4. The van der Waals surface area contributed by atoms with Crippen molar-refractivity contribution in [3.63, 3.8) is 0 Å². The molecule has 2 aliphatic heterocycles. The van der Waals surface area contributed by atoms with Gasteiger partial charge in [-0.1, -0.05) is 0 Å². The Balaban J connectivity index is 1.60. The Morgan fingerprint density at radius 1 is 1.28 bits per heavy atom. The van der Waals surface area contributed by atoms with Crippen LogP contribution in [0.25, 0.3) is 0 Å². The number of fused-ring (bicyclic) bond motifs is 1. The summed E-state index contributed by atoms with van der Waals surface area (Å²) < 4.78 is 34.1. The summed E-state index contributed by atoms with van der Waals surface area (Å²) in [6.07, 6.45) is 1.56. The van der Waals surface area contributed by atoms with E-state index in [0.717, 1.165) is 12.0 Å². The molecule has 1 fully saturated rings. The molecule has 1 aromatic rings. The number of nitrogens with one attached hydrogen (secondary N) is 1. The summed E-state index contributed by atoms with van der Waals surface area (Å²) in [5.41, 5.74) is 3.98. The second kappa shape index (κ2) is 7.43. The Morgan fingerprint density at radius 3 is 2.76 bits per heavy atom. The van der Waals surface area contributed by atoms with Gasteiger partial charge in [0.1, 0.15) is 0 Å². The van der Waals surface area contributed by atoms with Gasteiger partial charge in [-0.3, -0.25) is 4.79 Å². The van der Waals surface area contributed by atoms with Crippen LogP contribution >= 0.6 is 0 Å². The zero-order chi connectivity index (χ0) is 17.9. The minimum atomic E-state index is -2.97. The maximum atomic E-state index is 12.0. The number of carbonyl (C=O) groups is 1. The summed E-state index contributed by atoms with van der Waals surface area (Å²) >= 11 is 0. The van der Waals surface area contributed by atoms with E-state index in [1.165, 1.54) is 0 Å². The Morgan fingerprint density at radius 2 is 2.04 bits per heavy atom. The smallest absolute Gasteiger partial charge is 0.240 e. The van der Waals surface area contributed by atoms with Gasteiger partial charge in [0.15, 0.2) is 21.3 Å². The molecule has 25 heavy (non-hydrogen) atoms. The molecule has 1 N–H and O–H groups in total. The summed E-state index contributed by atoms with van der Waals surface area (Å²) in [5.74, 6) is 1.26. The van der Waals surface area contributed by atoms with Gasteiger partial charge in [0.25, 0.3) is 0 Å². The maximum absolute atomic E-state index is 12.0. The molecule has 7 nitrogen and oxygen atoms in total. The topological polar surface area (TPSA) is 94.1 Å². The summed E-state index contributed by atoms with van der Waals surface area (Å²) in [5, 5.41) is 4.12. The number of ether oxygens (including phenoxy) is 2. The molecule has 1 aromatic carbocycles. The molecule has 0 bridgehead atoms. The lowest BCUT2D eigenvalue weighted by molar-refractivity contribution is -0.121. The van der Waals surface area contributed by atoms with Crippen LogP contribution in [-0.2, 0) is 14.6 Å². The van der Waals surface area contributed by atoms with Crippen LogP contribution in [0.5, 0.6) is 11.5 Å². The van der Waals surface area contributed by atoms with Crippen molar-refractivity contribution >= 4 is 21.5 Å². The molecule has 2 aliphatic rings. The number of amides is 1. The van der Waals surface area contributed by atoms with Crippen LogP contribution in [0.2, 0.25) is 0 Å². The van der Waals surface area contributed by atoms with E-state index in [2.05, 4.69) is 10.5 Å². The van der Waals surface area contributed by atoms with Gasteiger partial charge >= 0.3 is 0 Å². The molecular formula is C17H22N2O5S. The third-order valence-electron chi connectivity index (χ3n) is 4.31. The van der Waals surface area contributed by atoms with E-state index in [4.69, 9.17) is 9.47 Å². The zero-order valence-corrected chi connectivity index (χ0v) is 15.0. The molecule has 1 amide bonds. The van der Waals surface area contributed by atoms with Crippen LogP contribution in [0.3, 0.4) is 0 Å². The maximum Gasteiger partial charge on any atom is 0.240 e. The largest absolute Gasteiger partial charge is 0.490 e. The number of hydrazone groups is 1. The van der Waals surface area contributed by atoms with Crippen LogP contribution in [0.15, 0.2) is 23.3 Å². The molecule has 2 heterocycles. The average Bonchev–Trinajstić information content (AvgIpc) is 2.78. The molecule has 1 atom stereocenters. The monoisotopic (exact) mass is 366 g/mol. The molecular weight excluding hydrogens is 344 g/mol. The summed E-state index contributed by atoms with van der Waals surface area (Å²) in [4.78, 5) is 12.0. The van der Waals surface area contributed by atoms with E-state index in [1.54, 1.807) is 6.92 Å². The minimum Gasteiger partial charge on any atom is -0.490 e. The standard InChI is InChI=1S/C17H22N2O5S/c1-12(14-3-4-15-16(10-14)24-7-2-6-23-15)18-19-17(20)9-13-5-8-25(21,22)11-13/h3-4,10,13H,2,5-9,11H2,1H3,(H,19,20)/b18-12-/t13-/m1/s1. The van der Waals surface area contributed by atoms with E-state index < -0.39 is 9.84 Å². The summed E-state index contributed by atoms with van der Waals surface area (Å²) in [6, 6.07) is 5.54. The molecule has 0 unspecified atom stereocenters. The number of carbonyl (C=O) groups excluding carboxylic acids is 1. The normalized spacial score (nSPS) is 22.3. The van der Waals surface area contributed by atoms with Gasteiger partial charge in [0, 0.05) is 18.4 Å². The van der Waals surface area contributed by atoms with E-state index in [-0.39, 0.29) is 29.8 Å². The molecule has 0 aliphatic carbocycles. The van der Waals surface area contributed by atoms with Crippen LogP contribution in [-0.4, -0.2) is 44.8 Å². The van der Waals surface area contributed by atoms with Gasteiger partial charge < -0.3 is 9.47 Å². The first-order valence-corrected chi connectivity index (χ1v) is 10.2. The number of benzene rings is 1. The van der Waals surface area contributed by atoms with Gasteiger partial charge in [-0.15, -0.1) is 0 Å². The predicted octanol–water partition coefficient (Wildman–Crippen LogP) is 1.51. The highest BCUT2D eigenvalue weighted by molar-refractivity contribution is 7.91. The van der Waals surface area contributed by atoms with Gasteiger partial charge in [-0.2, -0.15) is 5.10 Å². The van der Waals surface area contributed by atoms with Crippen molar-refractivity contribution in [1.29, 1.82) is 0 Å². The van der Waals surface area contributed by atoms with E-state index in [1.807, 2.05) is 18.2 Å². The van der Waals surface area contributed by atoms with Crippen LogP contribution in [0, 0.1) is 5.92 Å². The fourth-order valence-corrected chi connectivity index (χ4v) is 4.80. The lowest BCUT2D eigenvalue weighted by atomic mass is 10.1. The van der Waals surface area contributed by atoms with Crippen molar-refractivity contribution in [3.8, 4) is 11.5 Å². The van der Waals surface area contributed by atoms with Crippen molar-refractivity contribution in [2.24, 2.45) is 11.0 Å². The average molecular weight is 366 g/mol. The minimum absolute atomic E-state index is 0.0886. The Kier molecular flexibility index (Phi) is 5.27. The Labute approximate surface area is 147 Å². The highest BCUT2D eigenvalue weighted by atomic mass is 32.2. The molecule has 1 saturated heterocycles. The highest BCUT2D eigenvalue weighted by Gasteiger charge is 2.29. The van der Waals surface area contributed by atoms with Crippen LogP contribution in [0.1, 0.15) is 31.7 Å². The summed E-state index contributed by atoms with van der Waals surface area (Å²) in [6.45, 7) is 3.03. The fourth-order valence-electron chi connectivity index (χ4n) is 2.94. The van der Waals surface area contributed by atoms with Crippen molar-refractivity contribution in [2.45, 2.75) is 26.2 Å². The molecule has 0 spiro atoms. The summed E-state index contributed by atoms with van der Waals surface area (Å²) in [7, 11) is -2.97. The molecule has 0 radical (unpaired) electrons. The lowest BCUT2D eigenvalue weighted by Crippen LogP contribution is -2.22. The van der Waals surface area contributed by atoms with Gasteiger partial charge in [-0.25, -0.2) is 13.8 Å². The lowest BCUT2D eigenvalue weighted by Gasteiger charge is -2.10. The van der Waals surface area contributed by atoms with Crippen molar-refractivity contribution < 1.29 is 22.7 Å². The van der Waals surface area contributed by atoms with E-state index in [0.29, 0.717) is 36.8 Å². The first-order chi connectivity index (χ1) is 11.9. The molecule has 3 rings (SSSR count). The third kappa shape index (κ3) is 4.72. The second-order valence-corrected chi connectivity index (χ2v) is 8.65. The van der Waals surface area contributed by atoms with Gasteiger partial charge in [0.2, 0.25) is 5.91 Å². The highest BCUT2D eigenvalue weighted by Crippen LogP contribution is 2.30. The number of sulfone groups is 1. The quantitative estimate of drug-likeness (QED) is 0.644. The first kappa shape index (κ1) is 17.7. The zero-order valence-electron chi connectivity index (χ0n) is 14.2. The Hall–Kier alpha value is -2.09. The molecule has 0 aromatic heterocycles. The molecule has 0 saturated carbocycles. The number of nitrogens with zero attached hydrogens (tertiary/aromatic N) is 1. The van der Waals surface area contributed by atoms with Crippen molar-refractivity contribution in [1.82, 2.24) is 5.43 Å². The predicted molar refractivity (Wildman–Crippen MR) is 93.8 cm³/mol. The Bertz CT molecular complexity index is 788. The van der Waals surface area contributed by atoms with Crippen LogP contribution in [0.4, 0.5) is 0 Å². The molecule has 8 heteroatoms. The first-order valence-electron chi connectivity index (χ1n) is 8.36. The van der Waals surface area contributed by atoms with Crippen molar-refractivity contribution in [2.75, 3.05) is 24.7 Å². The number of hydrogen-bond donors (Lipinski definition) is 1. The third-order valence-corrected chi connectivity index (χ3v) is 6.15. The second-order valence-electron chi connectivity index (χ2n) is 6.42. The van der Waals surface area contributed by atoms with Crippen LogP contribution < -0.4 is 14.9 Å². The van der Waals surface area contributed by atoms with Gasteiger partial charge in [0.05, 0.1) is 30.4 Å². The molecule has 136 valence electrons. The van der Waals surface area contributed by atoms with Gasteiger partial charge in [-0.05, 0) is 37.5 Å². The van der Waals surface area contributed by atoms with E-state index >= 15 is 0 Å². The fraction of sp³-hybridized carbons (Fsp3) is 0.529. The van der Waals surface area contributed by atoms with E-state index in [9.17, 15) is 13.2 Å².